The molecule has 126 valence electrons. The fourth-order valence-electron chi connectivity index (χ4n) is 3.40. The highest BCUT2D eigenvalue weighted by molar-refractivity contribution is 7.89. The Hall–Kier alpha value is -1.51. The number of nitrogens with one attached hydrogen (secondary N) is 1. The standard InChI is InChI=1S/C15H23N5O2S/c1-10-13-7-12(9-17-15(13)20(2)18-10)23(21,22)19-14(8-16)11-5-3-4-6-11/h7,9,11,14,19H,3-6,8,16H2,1-2H3. The van der Waals surface area contributed by atoms with Crippen LogP contribution < -0.4 is 10.5 Å². The van der Waals surface area contributed by atoms with Crippen LogP contribution in [0.5, 0.6) is 0 Å². The van der Waals surface area contributed by atoms with Crippen LogP contribution in [0.4, 0.5) is 0 Å². The number of aromatic nitrogens is 3. The van der Waals surface area contributed by atoms with Crippen LogP contribution in [0, 0.1) is 12.8 Å². The number of hydrogen-bond acceptors (Lipinski definition) is 5. The van der Waals surface area contributed by atoms with Gasteiger partial charge in [0.25, 0.3) is 0 Å². The van der Waals surface area contributed by atoms with Crippen LogP contribution in [0.25, 0.3) is 11.0 Å². The molecule has 1 atom stereocenters. The van der Waals surface area contributed by atoms with Gasteiger partial charge in [-0.05, 0) is 31.7 Å². The van der Waals surface area contributed by atoms with Crippen LogP contribution in [0.15, 0.2) is 17.2 Å². The van der Waals surface area contributed by atoms with E-state index >= 15 is 0 Å². The fourth-order valence-corrected chi connectivity index (χ4v) is 4.69. The van der Waals surface area contributed by atoms with Gasteiger partial charge in [-0.3, -0.25) is 4.68 Å². The zero-order chi connectivity index (χ0) is 16.6. The highest BCUT2D eigenvalue weighted by atomic mass is 32.2. The summed E-state index contributed by atoms with van der Waals surface area (Å²) in [7, 11) is -1.85. The van der Waals surface area contributed by atoms with E-state index in [1.807, 2.05) is 6.92 Å². The van der Waals surface area contributed by atoms with Crippen molar-refractivity contribution in [1.29, 1.82) is 0 Å². The zero-order valence-electron chi connectivity index (χ0n) is 13.5. The van der Waals surface area contributed by atoms with E-state index in [0.717, 1.165) is 36.8 Å². The summed E-state index contributed by atoms with van der Waals surface area (Å²) in [6, 6.07) is 1.42. The average Bonchev–Trinajstić information content (AvgIpc) is 3.14. The molecule has 2 aromatic rings. The second-order valence-corrected chi connectivity index (χ2v) is 7.97. The molecule has 8 heteroatoms. The van der Waals surface area contributed by atoms with Crippen LogP contribution in [-0.2, 0) is 17.1 Å². The lowest BCUT2D eigenvalue weighted by Crippen LogP contribution is -2.44. The third-order valence-corrected chi connectivity index (χ3v) is 6.13. The SMILES string of the molecule is Cc1nn(C)c2ncc(S(=O)(=O)NC(CN)C3CCCC3)cc12. The lowest BCUT2D eigenvalue weighted by atomic mass is 9.99. The minimum absolute atomic E-state index is 0.164. The topological polar surface area (TPSA) is 103 Å². The van der Waals surface area contributed by atoms with E-state index < -0.39 is 10.0 Å². The first-order chi connectivity index (χ1) is 10.9. The van der Waals surface area contributed by atoms with E-state index in [9.17, 15) is 8.42 Å². The van der Waals surface area contributed by atoms with E-state index in [-0.39, 0.29) is 10.9 Å². The predicted molar refractivity (Wildman–Crippen MR) is 88.4 cm³/mol. The Labute approximate surface area is 136 Å². The minimum atomic E-state index is -3.64. The fraction of sp³-hybridized carbons (Fsp3) is 0.600. The largest absolute Gasteiger partial charge is 0.329 e. The number of nitrogens with zero attached hydrogens (tertiary/aromatic N) is 3. The quantitative estimate of drug-likeness (QED) is 0.849. The second-order valence-electron chi connectivity index (χ2n) is 6.26. The monoisotopic (exact) mass is 337 g/mol. The van der Waals surface area contributed by atoms with Gasteiger partial charge in [0, 0.05) is 31.2 Å². The molecule has 0 aliphatic heterocycles. The molecule has 2 heterocycles. The smallest absolute Gasteiger partial charge is 0.242 e. The molecule has 0 amide bonds. The summed E-state index contributed by atoms with van der Waals surface area (Å²) in [5.74, 6) is 0.326. The van der Waals surface area contributed by atoms with E-state index in [1.54, 1.807) is 17.8 Å². The van der Waals surface area contributed by atoms with Crippen molar-refractivity contribution in [2.45, 2.75) is 43.5 Å². The molecule has 1 aliphatic rings. The van der Waals surface area contributed by atoms with Crippen molar-refractivity contribution in [3.8, 4) is 0 Å². The summed E-state index contributed by atoms with van der Waals surface area (Å²) >= 11 is 0. The first-order valence-corrected chi connectivity index (χ1v) is 9.42. The lowest BCUT2D eigenvalue weighted by Gasteiger charge is -2.22. The van der Waals surface area contributed by atoms with Crippen LogP contribution in [-0.4, -0.2) is 35.8 Å². The van der Waals surface area contributed by atoms with Gasteiger partial charge in [-0.1, -0.05) is 12.8 Å². The van der Waals surface area contributed by atoms with Crippen LogP contribution in [0.1, 0.15) is 31.4 Å². The van der Waals surface area contributed by atoms with Crippen LogP contribution >= 0.6 is 0 Å². The molecule has 23 heavy (non-hydrogen) atoms. The number of aryl methyl sites for hydroxylation is 2. The molecule has 0 spiro atoms. The maximum atomic E-state index is 12.7. The van der Waals surface area contributed by atoms with Crippen molar-refractivity contribution in [1.82, 2.24) is 19.5 Å². The summed E-state index contributed by atoms with van der Waals surface area (Å²) in [5.41, 5.74) is 7.24. The maximum Gasteiger partial charge on any atom is 0.242 e. The molecule has 3 N–H and O–H groups in total. The molecule has 0 radical (unpaired) electrons. The molecule has 0 aromatic carbocycles. The third-order valence-electron chi connectivity index (χ3n) is 4.68. The van der Waals surface area contributed by atoms with E-state index in [4.69, 9.17) is 5.73 Å². The molecule has 0 saturated heterocycles. The van der Waals surface area contributed by atoms with Gasteiger partial charge in [-0.2, -0.15) is 5.10 Å². The van der Waals surface area contributed by atoms with Crippen molar-refractivity contribution >= 4 is 21.1 Å². The highest BCUT2D eigenvalue weighted by Gasteiger charge is 2.28. The molecule has 0 bridgehead atoms. The summed E-state index contributed by atoms with van der Waals surface area (Å²) < 4.78 is 29.8. The molecule has 2 aromatic heterocycles. The maximum absolute atomic E-state index is 12.7. The van der Waals surface area contributed by atoms with Gasteiger partial charge in [0.05, 0.1) is 5.69 Å². The molecule has 7 nitrogen and oxygen atoms in total. The minimum Gasteiger partial charge on any atom is -0.329 e. The van der Waals surface area contributed by atoms with Crippen molar-refractivity contribution in [2.24, 2.45) is 18.7 Å². The van der Waals surface area contributed by atoms with Gasteiger partial charge < -0.3 is 5.73 Å². The van der Waals surface area contributed by atoms with Crippen molar-refractivity contribution < 1.29 is 8.42 Å². The van der Waals surface area contributed by atoms with Crippen LogP contribution in [0.2, 0.25) is 0 Å². The Balaban J connectivity index is 1.90. The van der Waals surface area contributed by atoms with Crippen molar-refractivity contribution in [3.63, 3.8) is 0 Å². The normalized spacial score (nSPS) is 17.9. The second kappa shape index (κ2) is 6.18. The van der Waals surface area contributed by atoms with Crippen molar-refractivity contribution in [3.05, 3.63) is 18.0 Å². The number of pyridine rings is 1. The summed E-state index contributed by atoms with van der Waals surface area (Å²) in [5, 5.41) is 5.02. The Morgan fingerprint density at radius 2 is 2.13 bits per heavy atom. The van der Waals surface area contributed by atoms with Crippen molar-refractivity contribution in [2.75, 3.05) is 6.54 Å². The van der Waals surface area contributed by atoms with Gasteiger partial charge in [-0.25, -0.2) is 18.1 Å². The Kier molecular flexibility index (Phi) is 4.39. The number of sulfonamides is 1. The Morgan fingerprint density at radius 3 is 2.78 bits per heavy atom. The molecule has 1 unspecified atom stereocenters. The molecule has 1 saturated carbocycles. The summed E-state index contributed by atoms with van der Waals surface area (Å²) in [4.78, 5) is 4.41. The molecule has 3 rings (SSSR count). The van der Waals surface area contributed by atoms with Crippen LogP contribution in [0.3, 0.4) is 0 Å². The van der Waals surface area contributed by atoms with E-state index in [0.29, 0.717) is 18.1 Å². The van der Waals surface area contributed by atoms with Gasteiger partial charge >= 0.3 is 0 Å². The summed E-state index contributed by atoms with van der Waals surface area (Å²) in [6.45, 7) is 2.15. The Bertz CT molecular complexity index is 809. The number of fused-ring (bicyclic) bond motifs is 1. The average molecular weight is 337 g/mol. The molecule has 1 aliphatic carbocycles. The van der Waals surface area contributed by atoms with Gasteiger partial charge in [-0.15, -0.1) is 0 Å². The van der Waals surface area contributed by atoms with Gasteiger partial charge in [0.15, 0.2) is 5.65 Å². The van der Waals surface area contributed by atoms with Gasteiger partial charge in [0.1, 0.15) is 4.90 Å². The highest BCUT2D eigenvalue weighted by Crippen LogP contribution is 2.28. The predicted octanol–water partition coefficient (Wildman–Crippen LogP) is 1.07. The lowest BCUT2D eigenvalue weighted by molar-refractivity contribution is 0.405. The number of rotatable bonds is 5. The number of hydrogen-bond donors (Lipinski definition) is 2. The molecular formula is C15H23N5O2S. The summed E-state index contributed by atoms with van der Waals surface area (Å²) in [6.07, 6.45) is 5.73. The van der Waals surface area contributed by atoms with E-state index in [1.165, 1.54) is 6.20 Å². The molecule has 1 fully saturated rings. The first kappa shape index (κ1) is 16.4. The third kappa shape index (κ3) is 3.11. The van der Waals surface area contributed by atoms with E-state index in [2.05, 4.69) is 14.8 Å². The molecular weight excluding hydrogens is 314 g/mol. The zero-order valence-corrected chi connectivity index (χ0v) is 14.3. The number of nitrogens with two attached hydrogens (primary N) is 1. The Morgan fingerprint density at radius 1 is 1.43 bits per heavy atom. The first-order valence-electron chi connectivity index (χ1n) is 7.94. The van der Waals surface area contributed by atoms with Gasteiger partial charge in [0.2, 0.25) is 10.0 Å².